The van der Waals surface area contributed by atoms with Crippen molar-refractivity contribution in [1.29, 1.82) is 0 Å². The SMILES string of the molecule is O=C(CNC(=O)c1ccccc1Cl)NOCc1ccccc1. The fraction of sp³-hybridized carbons (Fsp3) is 0.125. The van der Waals surface area contributed by atoms with E-state index in [-0.39, 0.29) is 13.2 Å². The van der Waals surface area contributed by atoms with Crippen LogP contribution in [-0.4, -0.2) is 18.4 Å². The minimum Gasteiger partial charge on any atom is -0.343 e. The molecule has 114 valence electrons. The molecule has 2 amide bonds. The Kier molecular flexibility index (Phi) is 5.94. The molecule has 0 fully saturated rings. The number of halogens is 1. The molecule has 6 heteroatoms. The Labute approximate surface area is 133 Å². The molecule has 0 saturated carbocycles. The third kappa shape index (κ3) is 4.87. The maximum Gasteiger partial charge on any atom is 0.262 e. The molecule has 0 radical (unpaired) electrons. The van der Waals surface area contributed by atoms with Crippen LogP contribution in [0.4, 0.5) is 0 Å². The summed E-state index contributed by atoms with van der Waals surface area (Å²) in [6.45, 7) is 0.0594. The van der Waals surface area contributed by atoms with E-state index in [0.29, 0.717) is 10.6 Å². The van der Waals surface area contributed by atoms with Gasteiger partial charge in [0.15, 0.2) is 0 Å². The number of benzene rings is 2. The molecule has 2 aromatic carbocycles. The van der Waals surface area contributed by atoms with Crippen LogP contribution in [0.25, 0.3) is 0 Å². The van der Waals surface area contributed by atoms with Gasteiger partial charge in [-0.3, -0.25) is 14.4 Å². The van der Waals surface area contributed by atoms with Crippen molar-refractivity contribution in [2.24, 2.45) is 0 Å². The molecule has 0 atom stereocenters. The highest BCUT2D eigenvalue weighted by molar-refractivity contribution is 6.33. The highest BCUT2D eigenvalue weighted by Gasteiger charge is 2.10. The van der Waals surface area contributed by atoms with Gasteiger partial charge >= 0.3 is 0 Å². The number of rotatable bonds is 6. The highest BCUT2D eigenvalue weighted by atomic mass is 35.5. The van der Waals surface area contributed by atoms with Gasteiger partial charge in [-0.2, -0.15) is 0 Å². The van der Waals surface area contributed by atoms with Gasteiger partial charge in [0.25, 0.3) is 11.8 Å². The summed E-state index contributed by atoms with van der Waals surface area (Å²) in [5.41, 5.74) is 3.52. The van der Waals surface area contributed by atoms with E-state index in [1.807, 2.05) is 30.3 Å². The molecule has 0 unspecified atom stereocenters. The molecule has 22 heavy (non-hydrogen) atoms. The molecule has 0 saturated heterocycles. The summed E-state index contributed by atoms with van der Waals surface area (Å²) >= 11 is 5.90. The van der Waals surface area contributed by atoms with Crippen LogP contribution >= 0.6 is 11.6 Å². The molecule has 0 aliphatic carbocycles. The van der Waals surface area contributed by atoms with Crippen LogP contribution in [0.3, 0.4) is 0 Å². The van der Waals surface area contributed by atoms with Crippen LogP contribution < -0.4 is 10.8 Å². The fourth-order valence-electron chi connectivity index (χ4n) is 1.71. The van der Waals surface area contributed by atoms with E-state index in [2.05, 4.69) is 10.8 Å². The van der Waals surface area contributed by atoms with Gasteiger partial charge in [0.1, 0.15) is 0 Å². The largest absolute Gasteiger partial charge is 0.343 e. The van der Waals surface area contributed by atoms with Gasteiger partial charge < -0.3 is 5.32 Å². The second-order valence-corrected chi connectivity index (χ2v) is 4.87. The predicted molar refractivity (Wildman–Crippen MR) is 83.2 cm³/mol. The number of hydroxylamine groups is 1. The van der Waals surface area contributed by atoms with E-state index in [9.17, 15) is 9.59 Å². The molecular weight excluding hydrogens is 304 g/mol. The molecular formula is C16H15ClN2O3. The molecule has 0 bridgehead atoms. The van der Waals surface area contributed by atoms with Gasteiger partial charge in [-0.15, -0.1) is 0 Å². The Balaban J connectivity index is 1.72. The lowest BCUT2D eigenvalue weighted by Gasteiger charge is -2.08. The Hall–Kier alpha value is -2.37. The van der Waals surface area contributed by atoms with Crippen LogP contribution in [0.2, 0.25) is 5.02 Å². The van der Waals surface area contributed by atoms with Crippen molar-refractivity contribution in [2.75, 3.05) is 6.54 Å². The number of carbonyl (C=O) groups is 2. The quantitative estimate of drug-likeness (QED) is 0.803. The van der Waals surface area contributed by atoms with E-state index in [1.165, 1.54) is 0 Å². The first kappa shape index (κ1) is 16.0. The zero-order valence-electron chi connectivity index (χ0n) is 11.7. The summed E-state index contributed by atoms with van der Waals surface area (Å²) in [5, 5.41) is 2.81. The average molecular weight is 319 g/mol. The fourth-order valence-corrected chi connectivity index (χ4v) is 1.93. The molecule has 0 aliphatic heterocycles. The van der Waals surface area contributed by atoms with Gasteiger partial charge in [0, 0.05) is 0 Å². The lowest BCUT2D eigenvalue weighted by atomic mass is 10.2. The Morgan fingerprint density at radius 1 is 1.00 bits per heavy atom. The van der Waals surface area contributed by atoms with Crippen LogP contribution in [0.1, 0.15) is 15.9 Å². The first-order chi connectivity index (χ1) is 10.7. The van der Waals surface area contributed by atoms with Crippen molar-refractivity contribution in [3.8, 4) is 0 Å². The van der Waals surface area contributed by atoms with Crippen LogP contribution in [0.5, 0.6) is 0 Å². The molecule has 0 heterocycles. The second-order valence-electron chi connectivity index (χ2n) is 4.46. The molecule has 2 rings (SSSR count). The molecule has 5 nitrogen and oxygen atoms in total. The molecule has 0 spiro atoms. The van der Waals surface area contributed by atoms with Crippen LogP contribution in [-0.2, 0) is 16.2 Å². The Morgan fingerprint density at radius 2 is 1.68 bits per heavy atom. The number of hydrogen-bond acceptors (Lipinski definition) is 3. The lowest BCUT2D eigenvalue weighted by molar-refractivity contribution is -0.133. The third-order valence-corrected chi connectivity index (χ3v) is 3.13. The van der Waals surface area contributed by atoms with Gasteiger partial charge in [0.2, 0.25) is 0 Å². The summed E-state index contributed by atoms with van der Waals surface area (Å²) in [6, 6.07) is 16.0. The predicted octanol–water partition coefficient (Wildman–Crippen LogP) is 2.32. The Bertz CT molecular complexity index is 647. The summed E-state index contributed by atoms with van der Waals surface area (Å²) < 4.78 is 0. The molecule has 0 aliphatic rings. The van der Waals surface area contributed by atoms with Crippen molar-refractivity contribution in [3.05, 3.63) is 70.7 Å². The van der Waals surface area contributed by atoms with E-state index in [1.54, 1.807) is 24.3 Å². The van der Waals surface area contributed by atoms with Crippen LogP contribution in [0, 0.1) is 0 Å². The summed E-state index contributed by atoms with van der Waals surface area (Å²) in [4.78, 5) is 28.5. The van der Waals surface area contributed by atoms with E-state index in [4.69, 9.17) is 16.4 Å². The standard InChI is InChI=1S/C16H15ClN2O3/c17-14-9-5-4-8-13(14)16(21)18-10-15(20)19-22-11-12-6-2-1-3-7-12/h1-9H,10-11H2,(H,18,21)(H,19,20). The number of hydrogen-bond donors (Lipinski definition) is 2. The van der Waals surface area contributed by atoms with Gasteiger partial charge in [-0.25, -0.2) is 5.48 Å². The van der Waals surface area contributed by atoms with Crippen molar-refractivity contribution in [1.82, 2.24) is 10.8 Å². The van der Waals surface area contributed by atoms with Crippen molar-refractivity contribution < 1.29 is 14.4 Å². The van der Waals surface area contributed by atoms with Crippen LogP contribution in [0.15, 0.2) is 54.6 Å². The normalized spacial score (nSPS) is 10.0. The van der Waals surface area contributed by atoms with Crippen molar-refractivity contribution in [3.63, 3.8) is 0 Å². The monoisotopic (exact) mass is 318 g/mol. The lowest BCUT2D eigenvalue weighted by Crippen LogP contribution is -2.36. The molecule has 2 aromatic rings. The van der Waals surface area contributed by atoms with Gasteiger partial charge in [-0.1, -0.05) is 54.1 Å². The topological polar surface area (TPSA) is 67.4 Å². The molecule has 2 N–H and O–H groups in total. The summed E-state index contributed by atoms with van der Waals surface area (Å²) in [7, 11) is 0. The zero-order chi connectivity index (χ0) is 15.8. The average Bonchev–Trinajstić information content (AvgIpc) is 2.54. The van der Waals surface area contributed by atoms with Crippen molar-refractivity contribution in [2.45, 2.75) is 6.61 Å². The van der Waals surface area contributed by atoms with E-state index < -0.39 is 11.8 Å². The third-order valence-electron chi connectivity index (χ3n) is 2.80. The maximum atomic E-state index is 11.8. The van der Waals surface area contributed by atoms with E-state index in [0.717, 1.165) is 5.56 Å². The summed E-state index contributed by atoms with van der Waals surface area (Å²) in [6.07, 6.45) is 0. The van der Waals surface area contributed by atoms with Crippen molar-refractivity contribution >= 4 is 23.4 Å². The molecule has 0 aromatic heterocycles. The number of amides is 2. The minimum atomic E-state index is -0.448. The minimum absolute atomic E-state index is 0.196. The second kappa shape index (κ2) is 8.17. The smallest absolute Gasteiger partial charge is 0.262 e. The van der Waals surface area contributed by atoms with E-state index >= 15 is 0 Å². The number of carbonyl (C=O) groups excluding carboxylic acids is 2. The Morgan fingerprint density at radius 3 is 2.41 bits per heavy atom. The maximum absolute atomic E-state index is 11.8. The number of nitrogens with one attached hydrogen (secondary N) is 2. The zero-order valence-corrected chi connectivity index (χ0v) is 12.5. The first-order valence-corrected chi connectivity index (χ1v) is 7.02. The first-order valence-electron chi connectivity index (χ1n) is 6.64. The van der Waals surface area contributed by atoms with Gasteiger partial charge in [-0.05, 0) is 17.7 Å². The highest BCUT2D eigenvalue weighted by Crippen LogP contribution is 2.14. The summed E-state index contributed by atoms with van der Waals surface area (Å²) in [5.74, 6) is -0.861. The van der Waals surface area contributed by atoms with Gasteiger partial charge in [0.05, 0.1) is 23.7 Å².